The summed E-state index contributed by atoms with van der Waals surface area (Å²) in [6.45, 7) is 2.34. The van der Waals surface area contributed by atoms with Crippen molar-refractivity contribution in [3.8, 4) is 0 Å². The Bertz CT molecular complexity index is 570. The van der Waals surface area contributed by atoms with E-state index in [1.165, 1.54) is 12.1 Å². The van der Waals surface area contributed by atoms with Crippen LogP contribution in [0.3, 0.4) is 0 Å². The maximum Gasteiger partial charge on any atom is 0.238 e. The van der Waals surface area contributed by atoms with Crippen molar-refractivity contribution >= 4 is 15.9 Å². The third kappa shape index (κ3) is 7.51. The second-order valence-corrected chi connectivity index (χ2v) is 6.83. The van der Waals surface area contributed by atoms with Gasteiger partial charge in [0.1, 0.15) is 0 Å². The van der Waals surface area contributed by atoms with Crippen molar-refractivity contribution in [2.24, 2.45) is 5.14 Å². The zero-order chi connectivity index (χ0) is 16.6. The largest absolute Gasteiger partial charge is 0.354 e. The van der Waals surface area contributed by atoms with Gasteiger partial charge in [0, 0.05) is 13.1 Å². The predicted octanol–water partition coefficient (Wildman–Crippen LogP) is -0.856. The smallest absolute Gasteiger partial charge is 0.238 e. The molecule has 0 spiro atoms. The number of amides is 1. The molecule has 22 heavy (non-hydrogen) atoms. The molecule has 0 aliphatic carbocycles. The van der Waals surface area contributed by atoms with Gasteiger partial charge in [-0.25, -0.2) is 13.6 Å². The van der Waals surface area contributed by atoms with Gasteiger partial charge in [0.05, 0.1) is 11.4 Å². The van der Waals surface area contributed by atoms with E-state index in [0.29, 0.717) is 19.5 Å². The molecule has 4 N–H and O–H groups in total. The van der Waals surface area contributed by atoms with E-state index in [4.69, 9.17) is 5.14 Å². The van der Waals surface area contributed by atoms with Gasteiger partial charge in [-0.15, -0.1) is 0 Å². The summed E-state index contributed by atoms with van der Waals surface area (Å²) >= 11 is 0. The van der Waals surface area contributed by atoms with E-state index < -0.39 is 10.0 Å². The SMILES string of the molecule is CN(C)CCNC(=O)CNCCc1ccc(S(N)(=O)=O)cc1. The summed E-state index contributed by atoms with van der Waals surface area (Å²) < 4.78 is 22.3. The molecule has 0 fully saturated rings. The minimum absolute atomic E-state index is 0.0357. The third-order valence-corrected chi connectivity index (χ3v) is 3.94. The number of likely N-dealkylation sites (N-methyl/N-ethyl adjacent to an activating group) is 1. The summed E-state index contributed by atoms with van der Waals surface area (Å²) in [5, 5.41) is 10.9. The van der Waals surface area contributed by atoms with Crippen LogP contribution in [0, 0.1) is 0 Å². The van der Waals surface area contributed by atoms with Crippen LogP contribution in [0.5, 0.6) is 0 Å². The van der Waals surface area contributed by atoms with Crippen LogP contribution in [0.4, 0.5) is 0 Å². The van der Waals surface area contributed by atoms with Gasteiger partial charge in [-0.05, 0) is 44.8 Å². The lowest BCUT2D eigenvalue weighted by atomic mass is 10.1. The molecular weight excluding hydrogens is 304 g/mol. The number of carbonyl (C=O) groups is 1. The van der Waals surface area contributed by atoms with E-state index in [0.717, 1.165) is 12.1 Å². The van der Waals surface area contributed by atoms with Crippen LogP contribution in [0.15, 0.2) is 29.2 Å². The highest BCUT2D eigenvalue weighted by Crippen LogP contribution is 2.08. The summed E-state index contributed by atoms with van der Waals surface area (Å²) in [4.78, 5) is 13.6. The molecule has 124 valence electrons. The van der Waals surface area contributed by atoms with Crippen molar-refractivity contribution in [1.29, 1.82) is 0 Å². The second-order valence-electron chi connectivity index (χ2n) is 5.27. The molecule has 1 rings (SSSR count). The summed E-state index contributed by atoms with van der Waals surface area (Å²) in [7, 11) is 0.257. The molecule has 0 atom stereocenters. The molecule has 0 aromatic heterocycles. The predicted molar refractivity (Wildman–Crippen MR) is 86.0 cm³/mol. The Morgan fingerprint density at radius 3 is 2.36 bits per heavy atom. The van der Waals surface area contributed by atoms with Gasteiger partial charge >= 0.3 is 0 Å². The fraction of sp³-hybridized carbons (Fsp3) is 0.500. The minimum atomic E-state index is -3.64. The maximum absolute atomic E-state index is 11.5. The van der Waals surface area contributed by atoms with Gasteiger partial charge in [-0.3, -0.25) is 4.79 Å². The molecule has 0 saturated heterocycles. The number of benzene rings is 1. The Hall–Kier alpha value is -1.48. The number of nitrogens with one attached hydrogen (secondary N) is 2. The van der Waals surface area contributed by atoms with Crippen LogP contribution in [-0.2, 0) is 21.2 Å². The normalized spacial score (nSPS) is 11.6. The molecule has 8 heteroatoms. The van der Waals surface area contributed by atoms with Crippen LogP contribution >= 0.6 is 0 Å². The zero-order valence-corrected chi connectivity index (χ0v) is 13.8. The van der Waals surface area contributed by atoms with Gasteiger partial charge in [0.15, 0.2) is 0 Å². The first kappa shape index (κ1) is 18.6. The number of rotatable bonds is 9. The van der Waals surface area contributed by atoms with E-state index in [2.05, 4.69) is 10.6 Å². The number of nitrogens with zero attached hydrogens (tertiary/aromatic N) is 1. The second kappa shape index (κ2) is 8.84. The molecule has 1 aromatic carbocycles. The molecule has 0 aliphatic rings. The fourth-order valence-corrected chi connectivity index (χ4v) is 2.28. The van der Waals surface area contributed by atoms with Gasteiger partial charge < -0.3 is 15.5 Å². The first-order chi connectivity index (χ1) is 10.3. The summed E-state index contributed by atoms with van der Waals surface area (Å²) in [5.41, 5.74) is 0.980. The van der Waals surface area contributed by atoms with E-state index in [-0.39, 0.29) is 17.3 Å². The quantitative estimate of drug-likeness (QED) is 0.512. The van der Waals surface area contributed by atoms with E-state index in [9.17, 15) is 13.2 Å². The number of primary sulfonamides is 1. The Labute approximate surface area is 131 Å². The van der Waals surface area contributed by atoms with Crippen molar-refractivity contribution in [3.05, 3.63) is 29.8 Å². The summed E-state index contributed by atoms with van der Waals surface area (Å²) in [5.74, 6) is -0.0357. The van der Waals surface area contributed by atoms with Crippen molar-refractivity contribution in [2.75, 3.05) is 40.3 Å². The highest BCUT2D eigenvalue weighted by atomic mass is 32.2. The van der Waals surface area contributed by atoms with E-state index >= 15 is 0 Å². The standard InChI is InChI=1S/C14H24N4O3S/c1-18(2)10-9-17-14(19)11-16-8-7-12-3-5-13(6-4-12)22(15,20)21/h3-6,16H,7-11H2,1-2H3,(H,17,19)(H2,15,20,21). The van der Waals surface area contributed by atoms with Gasteiger partial charge in [0.25, 0.3) is 0 Å². The Morgan fingerprint density at radius 1 is 1.18 bits per heavy atom. The highest BCUT2D eigenvalue weighted by Gasteiger charge is 2.06. The van der Waals surface area contributed by atoms with E-state index in [1.54, 1.807) is 12.1 Å². The number of hydrogen-bond donors (Lipinski definition) is 3. The van der Waals surface area contributed by atoms with E-state index in [1.807, 2.05) is 19.0 Å². The monoisotopic (exact) mass is 328 g/mol. The lowest BCUT2D eigenvalue weighted by Crippen LogP contribution is -2.37. The summed E-state index contributed by atoms with van der Waals surface area (Å²) in [6, 6.07) is 6.41. The van der Waals surface area contributed by atoms with Crippen molar-refractivity contribution in [2.45, 2.75) is 11.3 Å². The topological polar surface area (TPSA) is 105 Å². The number of sulfonamides is 1. The first-order valence-electron chi connectivity index (χ1n) is 7.03. The van der Waals surface area contributed by atoms with Gasteiger partial charge in [-0.1, -0.05) is 12.1 Å². The molecule has 0 heterocycles. The zero-order valence-electron chi connectivity index (χ0n) is 13.0. The highest BCUT2D eigenvalue weighted by molar-refractivity contribution is 7.89. The lowest BCUT2D eigenvalue weighted by molar-refractivity contribution is -0.120. The van der Waals surface area contributed by atoms with Crippen LogP contribution < -0.4 is 15.8 Å². The van der Waals surface area contributed by atoms with Crippen molar-refractivity contribution in [1.82, 2.24) is 15.5 Å². The Balaban J connectivity index is 2.23. The molecule has 0 saturated carbocycles. The maximum atomic E-state index is 11.5. The molecule has 0 unspecified atom stereocenters. The molecule has 0 bridgehead atoms. The van der Waals surface area contributed by atoms with Crippen LogP contribution in [0.1, 0.15) is 5.56 Å². The number of hydrogen-bond acceptors (Lipinski definition) is 5. The first-order valence-corrected chi connectivity index (χ1v) is 8.57. The van der Waals surface area contributed by atoms with Crippen LogP contribution in [0.25, 0.3) is 0 Å². The Morgan fingerprint density at radius 2 is 1.82 bits per heavy atom. The third-order valence-electron chi connectivity index (χ3n) is 3.01. The minimum Gasteiger partial charge on any atom is -0.354 e. The molecule has 7 nitrogen and oxygen atoms in total. The summed E-state index contributed by atoms with van der Waals surface area (Å²) in [6.07, 6.45) is 0.704. The fourth-order valence-electron chi connectivity index (χ4n) is 1.76. The van der Waals surface area contributed by atoms with Crippen molar-refractivity contribution < 1.29 is 13.2 Å². The lowest BCUT2D eigenvalue weighted by Gasteiger charge is -2.10. The molecule has 1 aromatic rings. The number of nitrogens with two attached hydrogens (primary N) is 1. The average Bonchev–Trinajstić information content (AvgIpc) is 2.43. The number of carbonyl (C=O) groups excluding carboxylic acids is 1. The molecular formula is C14H24N4O3S. The average molecular weight is 328 g/mol. The van der Waals surface area contributed by atoms with Crippen LogP contribution in [-0.4, -0.2) is 59.5 Å². The molecule has 1 amide bonds. The molecule has 0 radical (unpaired) electrons. The molecule has 0 aliphatic heterocycles. The Kier molecular flexibility index (Phi) is 7.46. The van der Waals surface area contributed by atoms with Gasteiger partial charge in [0.2, 0.25) is 15.9 Å². The van der Waals surface area contributed by atoms with Crippen LogP contribution in [0.2, 0.25) is 0 Å². The van der Waals surface area contributed by atoms with Gasteiger partial charge in [-0.2, -0.15) is 0 Å². The van der Waals surface area contributed by atoms with Crippen molar-refractivity contribution in [3.63, 3.8) is 0 Å².